The van der Waals surface area contributed by atoms with E-state index in [1.165, 1.54) is 6.42 Å². The summed E-state index contributed by atoms with van der Waals surface area (Å²) in [4.78, 5) is 5.17. The zero-order chi connectivity index (χ0) is 14.8. The molecule has 0 radical (unpaired) electrons. The van der Waals surface area contributed by atoms with E-state index in [2.05, 4.69) is 29.5 Å². The Kier molecular flexibility index (Phi) is 6.49. The van der Waals surface area contributed by atoms with Crippen molar-refractivity contribution in [1.29, 1.82) is 0 Å². The predicted molar refractivity (Wildman–Crippen MR) is 101 cm³/mol. The number of thiophene rings is 1. The monoisotopic (exact) mass is 423 g/mol. The number of nitrogens with one attached hydrogen (secondary N) is 2. The molecule has 0 aliphatic heterocycles. The van der Waals surface area contributed by atoms with Crippen LogP contribution >= 0.6 is 35.3 Å². The fourth-order valence-electron chi connectivity index (χ4n) is 2.29. The molecule has 1 aliphatic rings. The highest BCUT2D eigenvalue weighted by atomic mass is 127. The largest absolute Gasteiger partial charge is 0.383 e. The van der Waals surface area contributed by atoms with Gasteiger partial charge in [0.1, 0.15) is 5.60 Å². The van der Waals surface area contributed by atoms with Crippen LogP contribution in [0.4, 0.5) is 0 Å². The van der Waals surface area contributed by atoms with Crippen LogP contribution in [0.3, 0.4) is 0 Å². The summed E-state index contributed by atoms with van der Waals surface area (Å²) < 4.78 is 0. The minimum atomic E-state index is -0.870. The van der Waals surface area contributed by atoms with Gasteiger partial charge in [0.15, 0.2) is 5.96 Å². The minimum absolute atomic E-state index is 0. The number of aliphatic hydroxyl groups is 1. The van der Waals surface area contributed by atoms with Gasteiger partial charge in [0.2, 0.25) is 0 Å². The van der Waals surface area contributed by atoms with Gasteiger partial charge in [-0.2, -0.15) is 0 Å². The number of aliphatic imine (C=N–C) groups is 1. The molecule has 0 aromatic carbocycles. The molecule has 4 nitrogen and oxygen atoms in total. The molecule has 2 unspecified atom stereocenters. The van der Waals surface area contributed by atoms with E-state index >= 15 is 0 Å². The molecule has 2 atom stereocenters. The molecule has 1 heterocycles. The Morgan fingerprint density at radius 3 is 2.67 bits per heavy atom. The Morgan fingerprint density at radius 1 is 1.52 bits per heavy atom. The van der Waals surface area contributed by atoms with Crippen molar-refractivity contribution >= 4 is 41.3 Å². The van der Waals surface area contributed by atoms with E-state index in [1.807, 2.05) is 24.4 Å². The van der Waals surface area contributed by atoms with Gasteiger partial charge in [0, 0.05) is 18.5 Å². The average molecular weight is 423 g/mol. The first-order valence-corrected chi connectivity index (χ1v) is 7.94. The average Bonchev–Trinajstić information content (AvgIpc) is 2.84. The Labute approximate surface area is 148 Å². The molecule has 0 bridgehead atoms. The molecule has 1 aliphatic carbocycles. The maximum atomic E-state index is 10.5. The fraction of sp³-hybridized carbons (Fsp3) is 0.667. The first-order valence-electron chi connectivity index (χ1n) is 7.06. The lowest BCUT2D eigenvalue weighted by Gasteiger charge is -2.23. The van der Waals surface area contributed by atoms with E-state index in [0.29, 0.717) is 12.0 Å². The van der Waals surface area contributed by atoms with Gasteiger partial charge in [-0.25, -0.2) is 0 Å². The van der Waals surface area contributed by atoms with Gasteiger partial charge in [0.05, 0.1) is 6.54 Å². The van der Waals surface area contributed by atoms with E-state index in [1.54, 1.807) is 18.4 Å². The molecule has 1 fully saturated rings. The van der Waals surface area contributed by atoms with Crippen molar-refractivity contribution in [3.05, 3.63) is 22.4 Å². The quantitative estimate of drug-likeness (QED) is 0.388. The molecule has 21 heavy (non-hydrogen) atoms. The second kappa shape index (κ2) is 7.28. The number of hydrogen-bond donors (Lipinski definition) is 3. The van der Waals surface area contributed by atoms with Crippen molar-refractivity contribution in [3.8, 4) is 0 Å². The molecule has 0 spiro atoms. The van der Waals surface area contributed by atoms with Gasteiger partial charge in [-0.15, -0.1) is 35.3 Å². The van der Waals surface area contributed by atoms with Crippen LogP contribution in [-0.4, -0.2) is 31.2 Å². The van der Waals surface area contributed by atoms with Gasteiger partial charge >= 0.3 is 0 Å². The van der Waals surface area contributed by atoms with Crippen molar-refractivity contribution in [3.63, 3.8) is 0 Å². The SMILES string of the molecule is CN=C(NCC1CC1(C)C)NCC(C)(O)c1cccs1.I. The number of guanidine groups is 1. The Bertz CT molecular complexity index is 471. The number of rotatable bonds is 5. The lowest BCUT2D eigenvalue weighted by atomic mass is 10.1. The van der Waals surface area contributed by atoms with E-state index < -0.39 is 5.60 Å². The molecule has 0 saturated heterocycles. The van der Waals surface area contributed by atoms with Crippen LogP contribution in [0.2, 0.25) is 0 Å². The van der Waals surface area contributed by atoms with Crippen LogP contribution in [0.1, 0.15) is 32.1 Å². The first-order chi connectivity index (χ1) is 9.35. The molecule has 1 saturated carbocycles. The molecule has 6 heteroatoms. The second-order valence-electron chi connectivity index (χ2n) is 6.45. The Morgan fingerprint density at radius 2 is 2.19 bits per heavy atom. The summed E-state index contributed by atoms with van der Waals surface area (Å²) in [5.74, 6) is 1.48. The van der Waals surface area contributed by atoms with E-state index in [0.717, 1.165) is 23.3 Å². The van der Waals surface area contributed by atoms with Gasteiger partial charge in [-0.05, 0) is 36.1 Å². The van der Waals surface area contributed by atoms with Crippen LogP contribution in [0, 0.1) is 11.3 Å². The van der Waals surface area contributed by atoms with Gasteiger partial charge < -0.3 is 15.7 Å². The van der Waals surface area contributed by atoms with Gasteiger partial charge in [0.25, 0.3) is 0 Å². The standard InChI is InChI=1S/C15H25N3OS.HI/c1-14(2)8-11(14)9-17-13(16-4)18-10-15(3,19)12-6-5-7-20-12;/h5-7,11,19H,8-10H2,1-4H3,(H2,16,17,18);1H. The third-order valence-corrected chi connectivity index (χ3v) is 5.23. The number of hydrogen-bond acceptors (Lipinski definition) is 3. The maximum Gasteiger partial charge on any atom is 0.191 e. The number of nitrogens with zero attached hydrogens (tertiary/aromatic N) is 1. The summed E-state index contributed by atoms with van der Waals surface area (Å²) in [6, 6.07) is 3.91. The van der Waals surface area contributed by atoms with Crippen LogP contribution in [0.25, 0.3) is 0 Å². The molecule has 1 aromatic heterocycles. The van der Waals surface area contributed by atoms with Crippen molar-refractivity contribution in [2.45, 2.75) is 32.8 Å². The van der Waals surface area contributed by atoms with Crippen LogP contribution in [0.5, 0.6) is 0 Å². The summed E-state index contributed by atoms with van der Waals surface area (Å²) in [5, 5.41) is 19.0. The molecule has 0 amide bonds. The van der Waals surface area contributed by atoms with E-state index in [9.17, 15) is 5.11 Å². The smallest absolute Gasteiger partial charge is 0.191 e. The summed E-state index contributed by atoms with van der Waals surface area (Å²) in [6.45, 7) is 7.78. The van der Waals surface area contributed by atoms with Crippen molar-refractivity contribution in [2.24, 2.45) is 16.3 Å². The second-order valence-corrected chi connectivity index (χ2v) is 7.40. The summed E-state index contributed by atoms with van der Waals surface area (Å²) in [5.41, 5.74) is -0.404. The molecule has 2 rings (SSSR count). The minimum Gasteiger partial charge on any atom is -0.383 e. The van der Waals surface area contributed by atoms with Crippen molar-refractivity contribution < 1.29 is 5.11 Å². The molecule has 3 N–H and O–H groups in total. The van der Waals surface area contributed by atoms with E-state index in [4.69, 9.17) is 0 Å². The fourth-order valence-corrected chi connectivity index (χ4v) is 3.08. The van der Waals surface area contributed by atoms with Crippen molar-refractivity contribution in [2.75, 3.05) is 20.1 Å². The van der Waals surface area contributed by atoms with Crippen LogP contribution in [0.15, 0.2) is 22.5 Å². The highest BCUT2D eigenvalue weighted by molar-refractivity contribution is 14.0. The van der Waals surface area contributed by atoms with Crippen molar-refractivity contribution in [1.82, 2.24) is 10.6 Å². The van der Waals surface area contributed by atoms with Gasteiger partial charge in [-0.3, -0.25) is 4.99 Å². The van der Waals surface area contributed by atoms with Gasteiger partial charge in [-0.1, -0.05) is 19.9 Å². The summed E-state index contributed by atoms with van der Waals surface area (Å²) >= 11 is 1.57. The Hall–Kier alpha value is -0.340. The lowest BCUT2D eigenvalue weighted by molar-refractivity contribution is 0.0655. The summed E-state index contributed by atoms with van der Waals surface area (Å²) in [6.07, 6.45) is 1.27. The zero-order valence-electron chi connectivity index (χ0n) is 13.1. The maximum absolute atomic E-state index is 10.5. The van der Waals surface area contributed by atoms with Crippen LogP contribution in [-0.2, 0) is 5.60 Å². The first kappa shape index (κ1) is 18.7. The van der Waals surface area contributed by atoms with Crippen LogP contribution < -0.4 is 10.6 Å². The third kappa shape index (κ3) is 5.10. The molecular weight excluding hydrogens is 397 g/mol. The molecule has 1 aromatic rings. The topological polar surface area (TPSA) is 56.7 Å². The highest BCUT2D eigenvalue weighted by Gasteiger charge is 2.45. The molecular formula is C15H26IN3OS. The van der Waals surface area contributed by atoms with E-state index in [-0.39, 0.29) is 24.0 Å². The summed E-state index contributed by atoms with van der Waals surface area (Å²) in [7, 11) is 1.76. The normalized spacial score (nSPS) is 22.9. The number of halogens is 1. The molecule has 120 valence electrons. The Balaban J connectivity index is 0.00000220. The zero-order valence-corrected chi connectivity index (χ0v) is 16.3. The third-order valence-electron chi connectivity index (χ3n) is 4.11. The highest BCUT2D eigenvalue weighted by Crippen LogP contribution is 2.50. The lowest BCUT2D eigenvalue weighted by Crippen LogP contribution is -2.44. The predicted octanol–water partition coefficient (Wildman–Crippen LogP) is 2.78.